The quantitative estimate of drug-likeness (QED) is 0.610. The summed E-state index contributed by atoms with van der Waals surface area (Å²) in [6.07, 6.45) is 1.49. The number of benzene rings is 2. The summed E-state index contributed by atoms with van der Waals surface area (Å²) in [5, 5.41) is 2.51. The van der Waals surface area contributed by atoms with Crippen LogP contribution in [0.2, 0.25) is 0 Å². The van der Waals surface area contributed by atoms with Gasteiger partial charge in [-0.25, -0.2) is 9.18 Å². The van der Waals surface area contributed by atoms with Gasteiger partial charge in [0.15, 0.2) is 11.5 Å². The number of amides is 3. The SMILES string of the molecule is COc1cc(/C=C2/NC(=O)N(Cc3ccccc3F)C2=O)cc(OC)c1OC. The highest BCUT2D eigenvalue weighted by molar-refractivity contribution is 6.13. The highest BCUT2D eigenvalue weighted by Crippen LogP contribution is 2.38. The van der Waals surface area contributed by atoms with Crippen molar-refractivity contribution in [2.24, 2.45) is 0 Å². The van der Waals surface area contributed by atoms with Gasteiger partial charge in [0.1, 0.15) is 11.5 Å². The largest absolute Gasteiger partial charge is 0.493 e. The van der Waals surface area contributed by atoms with E-state index in [1.807, 2.05) is 0 Å². The Morgan fingerprint density at radius 1 is 1.04 bits per heavy atom. The maximum Gasteiger partial charge on any atom is 0.329 e. The van der Waals surface area contributed by atoms with Crippen LogP contribution in [0.1, 0.15) is 11.1 Å². The van der Waals surface area contributed by atoms with Crippen molar-refractivity contribution in [2.75, 3.05) is 21.3 Å². The Labute approximate surface area is 161 Å². The van der Waals surface area contributed by atoms with Crippen molar-refractivity contribution in [3.05, 3.63) is 59.0 Å². The first kappa shape index (κ1) is 19.2. The fraction of sp³-hybridized carbons (Fsp3) is 0.200. The zero-order valence-corrected chi connectivity index (χ0v) is 15.6. The number of carbonyl (C=O) groups excluding carboxylic acids is 2. The number of halogens is 1. The molecule has 3 rings (SSSR count). The number of nitrogens with one attached hydrogen (secondary N) is 1. The summed E-state index contributed by atoms with van der Waals surface area (Å²) in [6.45, 7) is -0.163. The summed E-state index contributed by atoms with van der Waals surface area (Å²) in [5.74, 6) is 0.199. The van der Waals surface area contributed by atoms with Crippen LogP contribution in [0.15, 0.2) is 42.1 Å². The Morgan fingerprint density at radius 2 is 1.68 bits per heavy atom. The van der Waals surface area contributed by atoms with Gasteiger partial charge in [-0.2, -0.15) is 0 Å². The van der Waals surface area contributed by atoms with Crippen LogP contribution in [-0.4, -0.2) is 38.2 Å². The van der Waals surface area contributed by atoms with Crippen LogP contribution in [0.3, 0.4) is 0 Å². The number of ether oxygens (including phenoxy) is 3. The summed E-state index contributed by atoms with van der Waals surface area (Å²) in [5.41, 5.74) is 0.876. The molecule has 146 valence electrons. The van der Waals surface area contributed by atoms with Crippen LogP contribution in [0.5, 0.6) is 17.2 Å². The average Bonchev–Trinajstić information content (AvgIpc) is 2.96. The molecule has 7 nitrogen and oxygen atoms in total. The number of imide groups is 1. The first-order valence-corrected chi connectivity index (χ1v) is 8.36. The molecule has 28 heavy (non-hydrogen) atoms. The van der Waals surface area contributed by atoms with E-state index < -0.39 is 17.8 Å². The fourth-order valence-electron chi connectivity index (χ4n) is 2.86. The minimum Gasteiger partial charge on any atom is -0.493 e. The molecular formula is C20H19FN2O5. The van der Waals surface area contributed by atoms with Crippen molar-refractivity contribution in [1.82, 2.24) is 10.2 Å². The smallest absolute Gasteiger partial charge is 0.329 e. The molecule has 0 unspecified atom stereocenters. The minimum absolute atomic E-state index is 0.0654. The molecule has 0 spiro atoms. The predicted octanol–water partition coefficient (Wildman–Crippen LogP) is 2.94. The molecule has 2 aromatic rings. The second-order valence-corrected chi connectivity index (χ2v) is 5.93. The van der Waals surface area contributed by atoms with Gasteiger partial charge in [-0.3, -0.25) is 9.69 Å². The van der Waals surface area contributed by atoms with E-state index >= 15 is 0 Å². The molecule has 2 aromatic carbocycles. The Morgan fingerprint density at radius 3 is 2.25 bits per heavy atom. The maximum absolute atomic E-state index is 13.9. The van der Waals surface area contributed by atoms with Crippen molar-refractivity contribution in [2.45, 2.75) is 6.54 Å². The maximum atomic E-state index is 13.9. The Balaban J connectivity index is 1.90. The number of hydrogen-bond acceptors (Lipinski definition) is 5. The van der Waals surface area contributed by atoms with Crippen molar-refractivity contribution in [1.29, 1.82) is 0 Å². The summed E-state index contributed by atoms with van der Waals surface area (Å²) in [7, 11) is 4.44. The van der Waals surface area contributed by atoms with Crippen LogP contribution in [0.4, 0.5) is 9.18 Å². The van der Waals surface area contributed by atoms with E-state index in [1.165, 1.54) is 39.5 Å². The van der Waals surface area contributed by atoms with Gasteiger partial charge in [0.05, 0.1) is 27.9 Å². The molecule has 1 fully saturated rings. The van der Waals surface area contributed by atoms with Gasteiger partial charge in [-0.05, 0) is 29.8 Å². The lowest BCUT2D eigenvalue weighted by Crippen LogP contribution is -2.30. The van der Waals surface area contributed by atoms with Gasteiger partial charge in [-0.15, -0.1) is 0 Å². The normalized spacial score (nSPS) is 15.0. The average molecular weight is 386 g/mol. The van der Waals surface area contributed by atoms with E-state index in [4.69, 9.17) is 14.2 Å². The highest BCUT2D eigenvalue weighted by atomic mass is 19.1. The zero-order valence-electron chi connectivity index (χ0n) is 15.6. The van der Waals surface area contributed by atoms with E-state index in [0.717, 1.165) is 4.90 Å². The summed E-state index contributed by atoms with van der Waals surface area (Å²) in [6, 6.07) is 8.66. The molecule has 0 aliphatic carbocycles. The van der Waals surface area contributed by atoms with Gasteiger partial charge in [0, 0.05) is 5.56 Å². The number of urea groups is 1. The van der Waals surface area contributed by atoms with Gasteiger partial charge in [0.25, 0.3) is 5.91 Å². The van der Waals surface area contributed by atoms with Crippen LogP contribution in [-0.2, 0) is 11.3 Å². The van der Waals surface area contributed by atoms with Crippen LogP contribution in [0, 0.1) is 5.82 Å². The van der Waals surface area contributed by atoms with Crippen molar-refractivity contribution in [3.8, 4) is 17.2 Å². The first-order valence-electron chi connectivity index (χ1n) is 8.36. The summed E-state index contributed by atoms with van der Waals surface area (Å²) in [4.78, 5) is 25.8. The van der Waals surface area contributed by atoms with Crippen molar-refractivity contribution in [3.63, 3.8) is 0 Å². The minimum atomic E-state index is -0.619. The van der Waals surface area contributed by atoms with E-state index in [1.54, 1.807) is 24.3 Å². The molecule has 1 aliphatic heterocycles. The number of rotatable bonds is 6. The molecule has 1 N–H and O–H groups in total. The van der Waals surface area contributed by atoms with E-state index in [0.29, 0.717) is 22.8 Å². The van der Waals surface area contributed by atoms with Crippen LogP contribution >= 0.6 is 0 Å². The first-order chi connectivity index (χ1) is 13.5. The molecule has 0 radical (unpaired) electrons. The third-order valence-electron chi connectivity index (χ3n) is 4.25. The molecule has 0 atom stereocenters. The van der Waals surface area contributed by atoms with Gasteiger partial charge in [0.2, 0.25) is 5.75 Å². The molecule has 1 aliphatic rings. The van der Waals surface area contributed by atoms with Crippen molar-refractivity contribution < 1.29 is 28.2 Å². The van der Waals surface area contributed by atoms with Gasteiger partial charge < -0.3 is 19.5 Å². The highest BCUT2D eigenvalue weighted by Gasteiger charge is 2.34. The molecular weight excluding hydrogens is 367 g/mol. The standard InChI is InChI=1S/C20H19FN2O5/c1-26-16-9-12(10-17(27-2)18(16)28-3)8-15-19(24)23(20(25)22-15)11-13-6-4-5-7-14(13)21/h4-10H,11H2,1-3H3,(H,22,25)/b15-8+. The molecule has 3 amide bonds. The third kappa shape index (κ3) is 3.62. The Kier molecular flexibility index (Phi) is 5.49. The topological polar surface area (TPSA) is 77.1 Å². The molecule has 0 saturated carbocycles. The fourth-order valence-corrected chi connectivity index (χ4v) is 2.86. The van der Waals surface area contributed by atoms with E-state index in [2.05, 4.69) is 5.32 Å². The molecule has 8 heteroatoms. The van der Waals surface area contributed by atoms with Gasteiger partial charge in [-0.1, -0.05) is 18.2 Å². The molecule has 1 heterocycles. The van der Waals surface area contributed by atoms with Crippen LogP contribution < -0.4 is 19.5 Å². The second-order valence-electron chi connectivity index (χ2n) is 5.93. The lowest BCUT2D eigenvalue weighted by atomic mass is 10.1. The van der Waals surface area contributed by atoms with E-state index in [-0.39, 0.29) is 17.8 Å². The Bertz CT molecular complexity index is 932. The predicted molar refractivity (Wildman–Crippen MR) is 99.6 cm³/mol. The number of carbonyl (C=O) groups is 2. The Hall–Kier alpha value is -3.55. The number of nitrogens with zero attached hydrogens (tertiary/aromatic N) is 1. The van der Waals surface area contributed by atoms with Crippen LogP contribution in [0.25, 0.3) is 6.08 Å². The number of methoxy groups -OCH3 is 3. The lowest BCUT2D eigenvalue weighted by Gasteiger charge is -2.13. The second kappa shape index (κ2) is 7.99. The summed E-state index contributed by atoms with van der Waals surface area (Å²) < 4.78 is 29.7. The molecule has 1 saturated heterocycles. The molecule has 0 aromatic heterocycles. The van der Waals surface area contributed by atoms with Gasteiger partial charge >= 0.3 is 6.03 Å². The van der Waals surface area contributed by atoms with Crippen molar-refractivity contribution >= 4 is 18.0 Å². The third-order valence-corrected chi connectivity index (χ3v) is 4.25. The zero-order chi connectivity index (χ0) is 20.3. The lowest BCUT2D eigenvalue weighted by molar-refractivity contribution is -0.123. The number of hydrogen-bond donors (Lipinski definition) is 1. The molecule has 0 bridgehead atoms. The summed E-state index contributed by atoms with van der Waals surface area (Å²) >= 11 is 0. The van der Waals surface area contributed by atoms with E-state index in [9.17, 15) is 14.0 Å². The monoisotopic (exact) mass is 386 g/mol.